The Labute approximate surface area is 106 Å². The first kappa shape index (κ1) is 13.9. The first-order chi connectivity index (χ1) is 7.84. The molecule has 0 aliphatic carbocycles. The summed E-state index contributed by atoms with van der Waals surface area (Å²) >= 11 is 1.30. The van der Waals surface area contributed by atoms with E-state index in [2.05, 4.69) is 30.1 Å². The number of hydrogen-bond acceptors (Lipinski definition) is 6. The number of hydrogen-bond donors (Lipinski definition) is 0. The molecule has 0 saturated heterocycles. The molecule has 0 N–H and O–H groups in total. The smallest absolute Gasteiger partial charge is 0.325 e. The fourth-order valence-corrected chi connectivity index (χ4v) is 1.96. The van der Waals surface area contributed by atoms with Gasteiger partial charge < -0.3 is 9.64 Å². The van der Waals surface area contributed by atoms with Crippen molar-refractivity contribution in [3.8, 4) is 0 Å². The molecule has 0 fully saturated rings. The standard InChI is InChI=1S/C11H19N3O2S/c1-6-16-8(15)7-14(5)10-12-9(13-17-10)11(2,3)4/h6-7H2,1-5H3. The molecule has 1 aromatic rings. The van der Waals surface area contributed by atoms with E-state index in [4.69, 9.17) is 4.74 Å². The molecular formula is C11H19N3O2S. The molecule has 0 bridgehead atoms. The number of nitrogens with zero attached hydrogens (tertiary/aromatic N) is 3. The lowest BCUT2D eigenvalue weighted by atomic mass is 9.96. The topological polar surface area (TPSA) is 55.3 Å². The van der Waals surface area contributed by atoms with Crippen molar-refractivity contribution in [1.29, 1.82) is 0 Å². The highest BCUT2D eigenvalue weighted by atomic mass is 32.1. The van der Waals surface area contributed by atoms with Gasteiger partial charge in [0, 0.05) is 24.0 Å². The third kappa shape index (κ3) is 3.96. The van der Waals surface area contributed by atoms with E-state index in [1.165, 1.54) is 11.5 Å². The maximum Gasteiger partial charge on any atom is 0.325 e. The number of aromatic nitrogens is 2. The fourth-order valence-electron chi connectivity index (χ4n) is 1.14. The lowest BCUT2D eigenvalue weighted by Crippen LogP contribution is -2.27. The van der Waals surface area contributed by atoms with Crippen LogP contribution in [-0.4, -0.2) is 35.5 Å². The maximum atomic E-state index is 11.3. The molecule has 96 valence electrons. The van der Waals surface area contributed by atoms with Crippen LogP contribution in [0.2, 0.25) is 0 Å². The van der Waals surface area contributed by atoms with Gasteiger partial charge in [0.25, 0.3) is 0 Å². The van der Waals surface area contributed by atoms with Crippen LogP contribution >= 0.6 is 11.5 Å². The Bertz CT molecular complexity index is 384. The second-order valence-electron chi connectivity index (χ2n) is 4.81. The first-order valence-corrected chi connectivity index (χ1v) is 6.33. The average molecular weight is 257 g/mol. The maximum absolute atomic E-state index is 11.3. The number of carbonyl (C=O) groups is 1. The zero-order valence-electron chi connectivity index (χ0n) is 11.0. The summed E-state index contributed by atoms with van der Waals surface area (Å²) in [7, 11) is 1.81. The Morgan fingerprint density at radius 3 is 2.59 bits per heavy atom. The molecule has 0 unspecified atom stereocenters. The summed E-state index contributed by atoms with van der Waals surface area (Å²) in [5.41, 5.74) is -0.0699. The van der Waals surface area contributed by atoms with Crippen LogP contribution in [0, 0.1) is 0 Å². The number of carbonyl (C=O) groups excluding carboxylic acids is 1. The molecule has 1 aromatic heterocycles. The third-order valence-electron chi connectivity index (χ3n) is 2.08. The van der Waals surface area contributed by atoms with E-state index in [1.807, 2.05) is 7.05 Å². The van der Waals surface area contributed by atoms with E-state index in [0.717, 1.165) is 11.0 Å². The summed E-state index contributed by atoms with van der Waals surface area (Å²) in [5, 5.41) is 0.739. The van der Waals surface area contributed by atoms with Gasteiger partial charge in [0.1, 0.15) is 12.4 Å². The van der Waals surface area contributed by atoms with Gasteiger partial charge >= 0.3 is 5.97 Å². The molecule has 1 heterocycles. The predicted molar refractivity (Wildman–Crippen MR) is 68.5 cm³/mol. The van der Waals surface area contributed by atoms with Crippen LogP contribution in [0.1, 0.15) is 33.5 Å². The van der Waals surface area contributed by atoms with E-state index < -0.39 is 0 Å². The van der Waals surface area contributed by atoms with Crippen LogP contribution in [0.4, 0.5) is 5.13 Å². The minimum atomic E-state index is -0.248. The van der Waals surface area contributed by atoms with Crippen LogP contribution in [0.15, 0.2) is 0 Å². The minimum absolute atomic E-state index is 0.0699. The molecule has 0 aromatic carbocycles. The molecule has 17 heavy (non-hydrogen) atoms. The normalized spacial score (nSPS) is 11.4. The van der Waals surface area contributed by atoms with E-state index in [-0.39, 0.29) is 17.9 Å². The Hall–Kier alpha value is -1.17. The van der Waals surface area contributed by atoms with Crippen molar-refractivity contribution >= 4 is 22.6 Å². The third-order valence-corrected chi connectivity index (χ3v) is 2.91. The second-order valence-corrected chi connectivity index (χ2v) is 5.54. The lowest BCUT2D eigenvalue weighted by Gasteiger charge is -2.15. The zero-order valence-corrected chi connectivity index (χ0v) is 11.8. The van der Waals surface area contributed by atoms with Crippen molar-refractivity contribution in [2.75, 3.05) is 25.1 Å². The summed E-state index contributed by atoms with van der Waals surface area (Å²) in [6.45, 7) is 8.57. The van der Waals surface area contributed by atoms with Gasteiger partial charge in [-0.05, 0) is 6.92 Å². The van der Waals surface area contributed by atoms with E-state index >= 15 is 0 Å². The molecule has 0 spiro atoms. The largest absolute Gasteiger partial charge is 0.465 e. The van der Waals surface area contributed by atoms with Crippen molar-refractivity contribution < 1.29 is 9.53 Å². The molecule has 0 aliphatic heterocycles. The number of ether oxygens (including phenoxy) is 1. The van der Waals surface area contributed by atoms with Gasteiger partial charge in [0.05, 0.1) is 6.61 Å². The van der Waals surface area contributed by atoms with Crippen LogP contribution < -0.4 is 4.90 Å². The quantitative estimate of drug-likeness (QED) is 0.770. The van der Waals surface area contributed by atoms with Gasteiger partial charge in [0.2, 0.25) is 5.13 Å². The monoisotopic (exact) mass is 257 g/mol. The summed E-state index contributed by atoms with van der Waals surface area (Å²) < 4.78 is 9.18. The van der Waals surface area contributed by atoms with Gasteiger partial charge in [-0.1, -0.05) is 20.8 Å². The summed E-state index contributed by atoms with van der Waals surface area (Å²) in [5.74, 6) is 0.552. The van der Waals surface area contributed by atoms with Crippen LogP contribution in [-0.2, 0) is 14.9 Å². The second kappa shape index (κ2) is 5.44. The van der Waals surface area contributed by atoms with Gasteiger partial charge in [-0.25, -0.2) is 4.98 Å². The lowest BCUT2D eigenvalue weighted by molar-refractivity contribution is -0.141. The number of likely N-dealkylation sites (N-methyl/N-ethyl adjacent to an activating group) is 1. The van der Waals surface area contributed by atoms with Crippen molar-refractivity contribution in [3.05, 3.63) is 5.82 Å². The molecule has 0 amide bonds. The van der Waals surface area contributed by atoms with Crippen LogP contribution in [0.5, 0.6) is 0 Å². The summed E-state index contributed by atoms with van der Waals surface area (Å²) in [6.07, 6.45) is 0. The highest BCUT2D eigenvalue weighted by molar-refractivity contribution is 7.09. The van der Waals surface area contributed by atoms with E-state index in [9.17, 15) is 4.79 Å². The Morgan fingerprint density at radius 1 is 1.47 bits per heavy atom. The Morgan fingerprint density at radius 2 is 2.12 bits per heavy atom. The van der Waals surface area contributed by atoms with Gasteiger partial charge in [0.15, 0.2) is 0 Å². The highest BCUT2D eigenvalue weighted by Crippen LogP contribution is 2.24. The van der Waals surface area contributed by atoms with Crippen molar-refractivity contribution in [2.45, 2.75) is 33.1 Å². The fraction of sp³-hybridized carbons (Fsp3) is 0.727. The van der Waals surface area contributed by atoms with Crippen molar-refractivity contribution in [3.63, 3.8) is 0 Å². The van der Waals surface area contributed by atoms with Gasteiger partial charge in [-0.15, -0.1) is 0 Å². The average Bonchev–Trinajstić information content (AvgIpc) is 2.65. The SMILES string of the molecule is CCOC(=O)CN(C)c1nc(C(C)(C)C)ns1. The molecule has 5 nitrogen and oxygen atoms in total. The first-order valence-electron chi connectivity index (χ1n) is 5.55. The Balaban J connectivity index is 2.67. The zero-order chi connectivity index (χ0) is 13.1. The molecular weight excluding hydrogens is 238 g/mol. The van der Waals surface area contributed by atoms with E-state index in [1.54, 1.807) is 11.8 Å². The molecule has 0 saturated carbocycles. The van der Waals surface area contributed by atoms with Crippen LogP contribution in [0.3, 0.4) is 0 Å². The van der Waals surface area contributed by atoms with Crippen molar-refractivity contribution in [2.24, 2.45) is 0 Å². The molecule has 0 aliphatic rings. The van der Waals surface area contributed by atoms with Gasteiger partial charge in [-0.2, -0.15) is 4.37 Å². The number of rotatable bonds is 4. The van der Waals surface area contributed by atoms with Gasteiger partial charge in [-0.3, -0.25) is 4.79 Å². The van der Waals surface area contributed by atoms with Crippen molar-refractivity contribution in [1.82, 2.24) is 9.36 Å². The number of esters is 1. The van der Waals surface area contributed by atoms with E-state index in [0.29, 0.717) is 6.61 Å². The predicted octanol–water partition coefficient (Wildman–Crippen LogP) is 1.83. The highest BCUT2D eigenvalue weighted by Gasteiger charge is 2.21. The summed E-state index contributed by atoms with van der Waals surface area (Å²) in [4.78, 5) is 17.5. The molecule has 6 heteroatoms. The Kier molecular flexibility index (Phi) is 4.45. The molecule has 0 atom stereocenters. The molecule has 1 rings (SSSR count). The minimum Gasteiger partial charge on any atom is -0.465 e. The molecule has 0 radical (unpaired) electrons. The summed E-state index contributed by atoms with van der Waals surface area (Å²) in [6, 6.07) is 0. The number of anilines is 1. The van der Waals surface area contributed by atoms with Crippen LogP contribution in [0.25, 0.3) is 0 Å².